The topological polar surface area (TPSA) is 43.6 Å². The first kappa shape index (κ1) is 8.19. The maximum absolute atomic E-state index is 5.66. The van der Waals surface area contributed by atoms with Crippen LogP contribution in [0.4, 0.5) is 0 Å². The molecule has 2 aromatic rings. The summed E-state index contributed by atoms with van der Waals surface area (Å²) in [6.45, 7) is 1.90. The molecule has 0 aromatic carbocycles. The van der Waals surface area contributed by atoms with Crippen molar-refractivity contribution >= 4 is 11.6 Å². The van der Waals surface area contributed by atoms with Crippen LogP contribution in [0, 0.1) is 6.92 Å². The molecule has 0 amide bonds. The number of halogens is 1. The van der Waals surface area contributed by atoms with Crippen LogP contribution in [0.2, 0.25) is 5.28 Å². The quantitative estimate of drug-likeness (QED) is 0.648. The Morgan fingerprint density at radius 3 is 2.77 bits per heavy atom. The summed E-state index contributed by atoms with van der Waals surface area (Å²) >= 11 is 5.66. The highest BCUT2D eigenvalue weighted by Gasteiger charge is 2.01. The first-order chi connectivity index (χ1) is 6.27. The Morgan fingerprint density at radius 1 is 1.31 bits per heavy atom. The number of nitrogens with zero attached hydrogens (tertiary/aromatic N) is 4. The van der Waals surface area contributed by atoms with Crippen molar-refractivity contribution in [2.45, 2.75) is 6.92 Å². The Hall–Kier alpha value is -1.42. The summed E-state index contributed by atoms with van der Waals surface area (Å²) < 4.78 is 1.84. The van der Waals surface area contributed by atoms with Crippen LogP contribution < -0.4 is 0 Å². The van der Waals surface area contributed by atoms with E-state index in [1.54, 1.807) is 18.5 Å². The van der Waals surface area contributed by atoms with Crippen molar-refractivity contribution in [1.29, 1.82) is 0 Å². The first-order valence-corrected chi connectivity index (χ1v) is 4.14. The van der Waals surface area contributed by atoms with E-state index < -0.39 is 0 Å². The average molecular weight is 195 g/mol. The average Bonchev–Trinajstić information content (AvgIpc) is 2.51. The highest BCUT2D eigenvalue weighted by molar-refractivity contribution is 6.28. The molecule has 0 atom stereocenters. The number of hydrogen-bond donors (Lipinski definition) is 0. The number of aromatic nitrogens is 4. The van der Waals surface area contributed by atoms with Gasteiger partial charge in [-0.1, -0.05) is 0 Å². The van der Waals surface area contributed by atoms with Gasteiger partial charge >= 0.3 is 0 Å². The van der Waals surface area contributed by atoms with E-state index in [2.05, 4.69) is 15.0 Å². The fraction of sp³-hybridized carbons (Fsp3) is 0.125. The number of hydrogen-bond acceptors (Lipinski definition) is 3. The fourth-order valence-electron chi connectivity index (χ4n) is 1.08. The number of imidazole rings is 1. The Bertz CT molecular complexity index is 424. The van der Waals surface area contributed by atoms with E-state index in [9.17, 15) is 0 Å². The molecule has 0 spiro atoms. The van der Waals surface area contributed by atoms with Crippen LogP contribution in [0.25, 0.3) is 5.82 Å². The van der Waals surface area contributed by atoms with Crippen LogP contribution >= 0.6 is 11.6 Å². The number of aryl methyl sites for hydroxylation is 1. The van der Waals surface area contributed by atoms with Gasteiger partial charge in [0.05, 0.1) is 0 Å². The molecule has 2 heterocycles. The third kappa shape index (κ3) is 1.53. The summed E-state index contributed by atoms with van der Waals surface area (Å²) in [7, 11) is 0. The zero-order valence-electron chi connectivity index (χ0n) is 6.98. The van der Waals surface area contributed by atoms with Crippen LogP contribution in [0.1, 0.15) is 5.82 Å². The molecule has 0 saturated carbocycles. The smallest absolute Gasteiger partial charge is 0.224 e. The van der Waals surface area contributed by atoms with E-state index in [4.69, 9.17) is 11.6 Å². The third-order valence-corrected chi connectivity index (χ3v) is 1.87. The maximum atomic E-state index is 5.66. The molecule has 0 aliphatic heterocycles. The van der Waals surface area contributed by atoms with Gasteiger partial charge in [-0.05, 0) is 24.6 Å². The van der Waals surface area contributed by atoms with E-state index >= 15 is 0 Å². The van der Waals surface area contributed by atoms with Crippen molar-refractivity contribution in [3.05, 3.63) is 35.8 Å². The molecule has 0 saturated heterocycles. The van der Waals surface area contributed by atoms with Gasteiger partial charge in [-0.2, -0.15) is 4.98 Å². The van der Waals surface area contributed by atoms with Crippen molar-refractivity contribution in [3.63, 3.8) is 0 Å². The largest absolute Gasteiger partial charge is 0.288 e. The Balaban J connectivity index is 2.53. The van der Waals surface area contributed by atoms with Crippen molar-refractivity contribution in [1.82, 2.24) is 19.5 Å². The van der Waals surface area contributed by atoms with Gasteiger partial charge in [0.1, 0.15) is 11.6 Å². The predicted octanol–water partition coefficient (Wildman–Crippen LogP) is 1.62. The normalized spacial score (nSPS) is 10.3. The number of rotatable bonds is 1. The zero-order chi connectivity index (χ0) is 9.26. The molecular formula is C8H7ClN4. The minimum atomic E-state index is 0.241. The van der Waals surface area contributed by atoms with Crippen LogP contribution in [0.15, 0.2) is 24.7 Å². The monoisotopic (exact) mass is 194 g/mol. The highest BCUT2D eigenvalue weighted by atomic mass is 35.5. The molecule has 0 radical (unpaired) electrons. The van der Waals surface area contributed by atoms with Crippen molar-refractivity contribution < 1.29 is 0 Å². The zero-order valence-corrected chi connectivity index (χ0v) is 7.73. The molecule has 0 N–H and O–H groups in total. The lowest BCUT2D eigenvalue weighted by Crippen LogP contribution is -1.99. The van der Waals surface area contributed by atoms with E-state index in [-0.39, 0.29) is 5.28 Å². The molecule has 2 rings (SSSR count). The summed E-state index contributed by atoms with van der Waals surface area (Å²) in [5.41, 5.74) is 0. The van der Waals surface area contributed by atoms with E-state index in [0.717, 1.165) is 11.6 Å². The second-order valence-corrected chi connectivity index (χ2v) is 2.87. The van der Waals surface area contributed by atoms with E-state index in [0.29, 0.717) is 0 Å². The third-order valence-electron chi connectivity index (χ3n) is 1.68. The lowest BCUT2D eigenvalue weighted by Gasteiger charge is -2.02. The minimum absolute atomic E-state index is 0.241. The molecule has 0 bridgehead atoms. The van der Waals surface area contributed by atoms with Crippen molar-refractivity contribution in [3.8, 4) is 5.82 Å². The molecule has 0 aliphatic carbocycles. The molecule has 5 heteroatoms. The molecule has 66 valence electrons. The van der Waals surface area contributed by atoms with Crippen molar-refractivity contribution in [2.24, 2.45) is 0 Å². The fourth-order valence-corrected chi connectivity index (χ4v) is 1.22. The second-order valence-electron chi connectivity index (χ2n) is 2.53. The van der Waals surface area contributed by atoms with Gasteiger partial charge in [0.15, 0.2) is 0 Å². The van der Waals surface area contributed by atoms with Crippen LogP contribution in [0.5, 0.6) is 0 Å². The summed E-state index contributed by atoms with van der Waals surface area (Å²) in [5.74, 6) is 1.60. The Labute approximate surface area is 80.2 Å². The van der Waals surface area contributed by atoms with Gasteiger partial charge in [-0.25, -0.2) is 9.97 Å². The van der Waals surface area contributed by atoms with Gasteiger partial charge in [0.25, 0.3) is 0 Å². The minimum Gasteiger partial charge on any atom is -0.288 e. The van der Waals surface area contributed by atoms with E-state index in [1.165, 1.54) is 0 Å². The Kier molecular flexibility index (Phi) is 1.98. The van der Waals surface area contributed by atoms with Crippen LogP contribution in [0.3, 0.4) is 0 Å². The van der Waals surface area contributed by atoms with Gasteiger partial charge in [0.2, 0.25) is 5.28 Å². The Morgan fingerprint density at radius 2 is 2.15 bits per heavy atom. The summed E-state index contributed by atoms with van der Waals surface area (Å²) in [6, 6.07) is 1.78. The van der Waals surface area contributed by atoms with E-state index in [1.807, 2.05) is 17.7 Å². The molecule has 2 aromatic heterocycles. The van der Waals surface area contributed by atoms with Gasteiger partial charge < -0.3 is 0 Å². The molecule has 0 fully saturated rings. The molecule has 4 nitrogen and oxygen atoms in total. The maximum Gasteiger partial charge on any atom is 0.224 e. The van der Waals surface area contributed by atoms with Gasteiger partial charge in [0, 0.05) is 18.6 Å². The lowest BCUT2D eigenvalue weighted by atomic mass is 10.5. The van der Waals surface area contributed by atoms with Crippen LogP contribution in [-0.4, -0.2) is 19.5 Å². The van der Waals surface area contributed by atoms with Crippen molar-refractivity contribution in [2.75, 3.05) is 0 Å². The van der Waals surface area contributed by atoms with Gasteiger partial charge in [-0.15, -0.1) is 0 Å². The summed E-state index contributed by atoms with van der Waals surface area (Å²) in [5, 5.41) is 0.241. The molecule has 0 unspecified atom stereocenters. The molecule has 0 aliphatic rings. The van der Waals surface area contributed by atoms with Crippen LogP contribution in [-0.2, 0) is 0 Å². The first-order valence-electron chi connectivity index (χ1n) is 3.76. The van der Waals surface area contributed by atoms with Gasteiger partial charge in [-0.3, -0.25) is 4.57 Å². The molecule has 13 heavy (non-hydrogen) atoms. The molecular weight excluding hydrogens is 188 g/mol. The SMILES string of the molecule is Cc1nccn1-c1ccnc(Cl)n1. The highest BCUT2D eigenvalue weighted by Crippen LogP contribution is 2.08. The predicted molar refractivity (Wildman–Crippen MR) is 48.9 cm³/mol. The summed E-state index contributed by atoms with van der Waals surface area (Å²) in [6.07, 6.45) is 5.16. The standard InChI is InChI=1S/C8H7ClN4/c1-6-10-4-5-13(6)7-2-3-11-8(9)12-7/h2-5H,1H3. The lowest BCUT2D eigenvalue weighted by molar-refractivity contribution is 0.920. The second kappa shape index (κ2) is 3.14. The summed E-state index contributed by atoms with van der Waals surface area (Å²) in [4.78, 5) is 11.9.